The fraction of sp³-hybridized carbons (Fsp3) is 0.267. The maximum absolute atomic E-state index is 13.8. The Balaban J connectivity index is 2.28. The van der Waals surface area contributed by atoms with Crippen LogP contribution in [0.2, 0.25) is 0 Å². The van der Waals surface area contributed by atoms with Crippen LogP contribution in [-0.4, -0.2) is 11.5 Å². The Labute approximate surface area is 115 Å². The summed E-state index contributed by atoms with van der Waals surface area (Å²) in [4.78, 5) is 3.70. The number of nitrogens with one attached hydrogen (secondary N) is 1. The molecule has 5 heteroatoms. The van der Waals surface area contributed by atoms with E-state index in [9.17, 15) is 13.2 Å². The molecular formula is C15H15F3N2. The van der Waals surface area contributed by atoms with E-state index in [4.69, 9.17) is 0 Å². The summed E-state index contributed by atoms with van der Waals surface area (Å²) in [6, 6.07) is 4.54. The molecule has 0 spiro atoms. The third kappa shape index (κ3) is 3.57. The molecule has 1 atom stereocenters. The highest BCUT2D eigenvalue weighted by molar-refractivity contribution is 5.24. The predicted molar refractivity (Wildman–Crippen MR) is 70.7 cm³/mol. The van der Waals surface area contributed by atoms with E-state index < -0.39 is 17.5 Å². The second-order valence-corrected chi connectivity index (χ2v) is 4.49. The molecular weight excluding hydrogens is 265 g/mol. The summed E-state index contributed by atoms with van der Waals surface area (Å²) in [5.74, 6) is -1.70. The molecule has 106 valence electrons. The van der Waals surface area contributed by atoms with Gasteiger partial charge in [-0.15, -0.1) is 0 Å². The lowest BCUT2D eigenvalue weighted by Crippen LogP contribution is -2.24. The number of hydrogen-bond donors (Lipinski definition) is 1. The summed E-state index contributed by atoms with van der Waals surface area (Å²) in [7, 11) is 0. The number of hydrogen-bond acceptors (Lipinski definition) is 2. The van der Waals surface area contributed by atoms with E-state index >= 15 is 0 Å². The molecule has 0 aliphatic heterocycles. The Hall–Kier alpha value is -1.88. The lowest BCUT2D eigenvalue weighted by atomic mass is 9.99. The third-order valence-corrected chi connectivity index (χ3v) is 2.99. The molecule has 0 saturated carbocycles. The minimum absolute atomic E-state index is 0.295. The standard InChI is InChI=1S/C15H15F3N2/c1-2-20-15(13-3-4-19-9-14(13)18)7-10-5-11(16)8-12(17)6-10/h3-6,8-9,15,20H,2,7H2,1H3. The van der Waals surface area contributed by atoms with Crippen molar-refractivity contribution in [2.45, 2.75) is 19.4 Å². The third-order valence-electron chi connectivity index (χ3n) is 2.99. The second kappa shape index (κ2) is 6.52. The van der Waals surface area contributed by atoms with Gasteiger partial charge in [-0.2, -0.15) is 0 Å². The van der Waals surface area contributed by atoms with Crippen LogP contribution in [-0.2, 0) is 6.42 Å². The number of pyridine rings is 1. The minimum atomic E-state index is -0.634. The smallest absolute Gasteiger partial charge is 0.146 e. The van der Waals surface area contributed by atoms with Crippen LogP contribution >= 0.6 is 0 Å². The Morgan fingerprint density at radius 2 is 1.85 bits per heavy atom. The normalized spacial score (nSPS) is 12.4. The maximum Gasteiger partial charge on any atom is 0.146 e. The molecule has 2 nitrogen and oxygen atoms in total. The van der Waals surface area contributed by atoms with Crippen molar-refractivity contribution in [1.82, 2.24) is 10.3 Å². The summed E-state index contributed by atoms with van der Waals surface area (Å²) in [6.45, 7) is 2.50. The highest BCUT2D eigenvalue weighted by Crippen LogP contribution is 2.21. The van der Waals surface area contributed by atoms with E-state index in [1.54, 1.807) is 6.07 Å². The van der Waals surface area contributed by atoms with Crippen molar-refractivity contribution in [3.8, 4) is 0 Å². The first kappa shape index (κ1) is 14.5. The maximum atomic E-state index is 13.8. The van der Waals surface area contributed by atoms with Crippen LogP contribution in [0.4, 0.5) is 13.2 Å². The van der Waals surface area contributed by atoms with Gasteiger partial charge in [-0.1, -0.05) is 6.92 Å². The van der Waals surface area contributed by atoms with Gasteiger partial charge in [0.15, 0.2) is 0 Å². The highest BCUT2D eigenvalue weighted by atomic mass is 19.1. The van der Waals surface area contributed by atoms with E-state index in [-0.39, 0.29) is 6.04 Å². The average Bonchev–Trinajstić information content (AvgIpc) is 2.37. The summed E-state index contributed by atoms with van der Waals surface area (Å²) in [5, 5.41) is 3.11. The molecule has 0 saturated heterocycles. The Morgan fingerprint density at radius 3 is 2.45 bits per heavy atom. The highest BCUT2D eigenvalue weighted by Gasteiger charge is 2.16. The van der Waals surface area contributed by atoms with Crippen LogP contribution in [0.1, 0.15) is 24.1 Å². The van der Waals surface area contributed by atoms with Crippen LogP contribution in [0.25, 0.3) is 0 Å². The molecule has 2 aromatic rings. The van der Waals surface area contributed by atoms with Crippen LogP contribution in [0.5, 0.6) is 0 Å². The molecule has 0 radical (unpaired) electrons. The van der Waals surface area contributed by atoms with Crippen LogP contribution in [0, 0.1) is 17.5 Å². The zero-order valence-electron chi connectivity index (χ0n) is 11.0. The quantitative estimate of drug-likeness (QED) is 0.908. The van der Waals surface area contributed by atoms with E-state index in [1.807, 2.05) is 6.92 Å². The number of benzene rings is 1. The molecule has 0 fully saturated rings. The van der Waals surface area contributed by atoms with Gasteiger partial charge in [0.1, 0.15) is 17.5 Å². The summed E-state index contributed by atoms with van der Waals surface area (Å²) in [5.41, 5.74) is 0.913. The fourth-order valence-corrected chi connectivity index (χ4v) is 2.17. The van der Waals surface area contributed by atoms with Crippen molar-refractivity contribution < 1.29 is 13.2 Å². The van der Waals surface area contributed by atoms with Crippen LogP contribution in [0.3, 0.4) is 0 Å². The van der Waals surface area contributed by atoms with Crippen LogP contribution in [0.15, 0.2) is 36.7 Å². The largest absolute Gasteiger partial charge is 0.310 e. The van der Waals surface area contributed by atoms with E-state index in [0.717, 1.165) is 12.3 Å². The Morgan fingerprint density at radius 1 is 1.15 bits per heavy atom. The van der Waals surface area contributed by atoms with Gasteiger partial charge in [-0.05, 0) is 36.7 Å². The first-order chi connectivity index (χ1) is 9.60. The van der Waals surface area contributed by atoms with Crippen molar-refractivity contribution in [1.29, 1.82) is 0 Å². The molecule has 1 heterocycles. The minimum Gasteiger partial charge on any atom is -0.310 e. The van der Waals surface area contributed by atoms with Crippen molar-refractivity contribution in [2.24, 2.45) is 0 Å². The molecule has 1 N–H and O–H groups in total. The zero-order valence-corrected chi connectivity index (χ0v) is 11.0. The lowest BCUT2D eigenvalue weighted by molar-refractivity contribution is 0.503. The topological polar surface area (TPSA) is 24.9 Å². The summed E-state index contributed by atoms with van der Waals surface area (Å²) >= 11 is 0. The van der Waals surface area contributed by atoms with Gasteiger partial charge in [0, 0.05) is 23.9 Å². The molecule has 20 heavy (non-hydrogen) atoms. The fourth-order valence-electron chi connectivity index (χ4n) is 2.17. The summed E-state index contributed by atoms with van der Waals surface area (Å²) < 4.78 is 40.2. The first-order valence-electron chi connectivity index (χ1n) is 6.38. The predicted octanol–water partition coefficient (Wildman–Crippen LogP) is 3.39. The number of nitrogens with zero attached hydrogens (tertiary/aromatic N) is 1. The number of rotatable bonds is 5. The van der Waals surface area contributed by atoms with Crippen molar-refractivity contribution >= 4 is 0 Å². The van der Waals surface area contributed by atoms with Gasteiger partial charge >= 0.3 is 0 Å². The Kier molecular flexibility index (Phi) is 4.74. The van der Waals surface area contributed by atoms with Crippen molar-refractivity contribution in [3.63, 3.8) is 0 Å². The number of likely N-dealkylation sites (N-methyl/N-ethyl adjacent to an activating group) is 1. The van der Waals surface area contributed by atoms with E-state index in [2.05, 4.69) is 10.3 Å². The van der Waals surface area contributed by atoms with Crippen molar-refractivity contribution in [3.05, 3.63) is 65.2 Å². The monoisotopic (exact) mass is 280 g/mol. The molecule has 0 bridgehead atoms. The molecule has 0 aliphatic carbocycles. The molecule has 2 rings (SSSR count). The zero-order chi connectivity index (χ0) is 14.5. The Bertz CT molecular complexity index is 567. The molecule has 1 aromatic heterocycles. The molecule has 1 aromatic carbocycles. The number of aromatic nitrogens is 1. The van der Waals surface area contributed by atoms with Gasteiger partial charge in [0.25, 0.3) is 0 Å². The van der Waals surface area contributed by atoms with E-state index in [1.165, 1.54) is 18.3 Å². The van der Waals surface area contributed by atoms with Gasteiger partial charge < -0.3 is 5.32 Å². The van der Waals surface area contributed by atoms with Gasteiger partial charge in [-0.25, -0.2) is 13.2 Å². The molecule has 0 amide bonds. The van der Waals surface area contributed by atoms with Gasteiger partial charge in [0.05, 0.1) is 6.20 Å². The SMILES string of the molecule is CCNC(Cc1cc(F)cc(F)c1)c1ccncc1F. The lowest BCUT2D eigenvalue weighted by Gasteiger charge is -2.19. The van der Waals surface area contributed by atoms with E-state index in [0.29, 0.717) is 24.1 Å². The summed E-state index contributed by atoms with van der Waals surface area (Å²) in [6.07, 6.45) is 2.92. The molecule has 0 aliphatic rings. The van der Waals surface area contributed by atoms with Crippen molar-refractivity contribution in [2.75, 3.05) is 6.54 Å². The average molecular weight is 280 g/mol. The number of halogens is 3. The molecule has 1 unspecified atom stereocenters. The van der Waals surface area contributed by atoms with Gasteiger partial charge in [-0.3, -0.25) is 4.98 Å². The van der Waals surface area contributed by atoms with Gasteiger partial charge in [0.2, 0.25) is 0 Å². The van der Waals surface area contributed by atoms with Crippen LogP contribution < -0.4 is 5.32 Å². The first-order valence-corrected chi connectivity index (χ1v) is 6.38. The second-order valence-electron chi connectivity index (χ2n) is 4.49.